The summed E-state index contributed by atoms with van der Waals surface area (Å²) < 4.78 is 0. The van der Waals surface area contributed by atoms with Crippen LogP contribution < -0.4 is 22.3 Å². The topological polar surface area (TPSA) is 121 Å². The van der Waals surface area contributed by atoms with E-state index in [1.165, 1.54) is 0 Å². The summed E-state index contributed by atoms with van der Waals surface area (Å²) in [5, 5.41) is 2.70. The van der Waals surface area contributed by atoms with E-state index in [-0.39, 0.29) is 17.6 Å². The molecule has 17 heavy (non-hydrogen) atoms. The number of amides is 1. The molecule has 1 aromatic rings. The highest BCUT2D eigenvalue weighted by Crippen LogP contribution is 2.17. The fraction of sp³-hybridized carbons (Fsp3) is 0.500. The maximum absolute atomic E-state index is 11.8. The van der Waals surface area contributed by atoms with Gasteiger partial charge in [-0.15, -0.1) is 0 Å². The highest BCUT2D eigenvalue weighted by atomic mass is 16.2. The normalized spacial score (nSPS) is 23.6. The summed E-state index contributed by atoms with van der Waals surface area (Å²) in [4.78, 5) is 38.2. The maximum Gasteiger partial charge on any atom is 0.325 e. The number of aromatic nitrogens is 2. The molecule has 1 heterocycles. The Morgan fingerprint density at radius 1 is 1.41 bits per heavy atom. The quantitative estimate of drug-likeness (QED) is 0.510. The van der Waals surface area contributed by atoms with Crippen molar-refractivity contribution in [2.24, 2.45) is 5.73 Å². The second-order valence-corrected chi connectivity index (χ2v) is 4.16. The summed E-state index contributed by atoms with van der Waals surface area (Å²) in [6, 6.07) is -0.172. The molecule has 92 valence electrons. The molecular formula is C10H14N4O3. The fourth-order valence-electron chi connectivity index (χ4n) is 1.99. The van der Waals surface area contributed by atoms with Gasteiger partial charge in [-0.3, -0.25) is 14.6 Å². The van der Waals surface area contributed by atoms with E-state index in [9.17, 15) is 14.4 Å². The van der Waals surface area contributed by atoms with Crippen LogP contribution in [-0.2, 0) is 0 Å². The van der Waals surface area contributed by atoms with Gasteiger partial charge in [-0.2, -0.15) is 0 Å². The highest BCUT2D eigenvalue weighted by molar-refractivity contribution is 5.93. The molecule has 1 fully saturated rings. The Hall–Kier alpha value is -1.89. The number of hydrogen-bond acceptors (Lipinski definition) is 4. The first-order chi connectivity index (χ1) is 8.08. The molecule has 1 aliphatic carbocycles. The number of rotatable bonds is 2. The van der Waals surface area contributed by atoms with Gasteiger partial charge in [-0.25, -0.2) is 4.79 Å². The smallest absolute Gasteiger partial charge is 0.325 e. The van der Waals surface area contributed by atoms with Crippen molar-refractivity contribution in [3.05, 3.63) is 32.6 Å². The van der Waals surface area contributed by atoms with E-state index < -0.39 is 17.2 Å². The van der Waals surface area contributed by atoms with Gasteiger partial charge < -0.3 is 16.0 Å². The number of aromatic amines is 2. The first-order valence-corrected chi connectivity index (χ1v) is 5.46. The van der Waals surface area contributed by atoms with E-state index in [0.717, 1.165) is 25.5 Å². The maximum atomic E-state index is 11.8. The first kappa shape index (κ1) is 11.6. The number of hydrogen-bond donors (Lipinski definition) is 4. The Labute approximate surface area is 96.4 Å². The van der Waals surface area contributed by atoms with Crippen LogP contribution in [0.5, 0.6) is 0 Å². The number of carbonyl (C=O) groups is 1. The van der Waals surface area contributed by atoms with Crippen molar-refractivity contribution in [2.75, 3.05) is 0 Å². The van der Waals surface area contributed by atoms with Gasteiger partial charge in [0.1, 0.15) is 5.56 Å². The molecule has 0 aliphatic heterocycles. The molecule has 2 rings (SSSR count). The molecule has 1 amide bonds. The summed E-state index contributed by atoms with van der Waals surface area (Å²) in [5.41, 5.74) is 4.37. The van der Waals surface area contributed by atoms with Gasteiger partial charge in [0, 0.05) is 18.3 Å². The fourth-order valence-corrected chi connectivity index (χ4v) is 1.99. The second kappa shape index (κ2) is 4.54. The van der Waals surface area contributed by atoms with Gasteiger partial charge >= 0.3 is 5.69 Å². The summed E-state index contributed by atoms with van der Waals surface area (Å²) in [6.07, 6.45) is 3.76. The van der Waals surface area contributed by atoms with Crippen LogP contribution in [0.3, 0.4) is 0 Å². The largest absolute Gasteiger partial charge is 0.348 e. The van der Waals surface area contributed by atoms with Crippen molar-refractivity contribution in [3.8, 4) is 0 Å². The van der Waals surface area contributed by atoms with E-state index in [2.05, 4.69) is 10.3 Å². The predicted molar refractivity (Wildman–Crippen MR) is 60.8 cm³/mol. The van der Waals surface area contributed by atoms with Crippen molar-refractivity contribution < 1.29 is 4.79 Å². The van der Waals surface area contributed by atoms with Gasteiger partial charge in [-0.05, 0) is 19.3 Å². The minimum atomic E-state index is -0.696. The number of H-pyrrole nitrogens is 2. The zero-order chi connectivity index (χ0) is 12.4. The third-order valence-electron chi connectivity index (χ3n) is 2.95. The van der Waals surface area contributed by atoms with Crippen molar-refractivity contribution >= 4 is 5.91 Å². The lowest BCUT2D eigenvalue weighted by molar-refractivity contribution is 0.0932. The van der Waals surface area contributed by atoms with E-state index in [4.69, 9.17) is 5.73 Å². The van der Waals surface area contributed by atoms with Crippen LogP contribution in [0.1, 0.15) is 29.6 Å². The van der Waals surface area contributed by atoms with E-state index in [1.54, 1.807) is 0 Å². The van der Waals surface area contributed by atoms with Gasteiger partial charge in [-0.1, -0.05) is 0 Å². The zero-order valence-corrected chi connectivity index (χ0v) is 9.16. The van der Waals surface area contributed by atoms with Crippen molar-refractivity contribution in [1.82, 2.24) is 15.3 Å². The second-order valence-electron chi connectivity index (χ2n) is 4.16. The zero-order valence-electron chi connectivity index (χ0n) is 9.16. The number of carbonyl (C=O) groups excluding carboxylic acids is 1. The van der Waals surface area contributed by atoms with Gasteiger partial charge in [0.2, 0.25) is 0 Å². The minimum absolute atomic E-state index is 0.0687. The molecule has 1 saturated carbocycles. The Morgan fingerprint density at radius 2 is 2.18 bits per heavy atom. The first-order valence-electron chi connectivity index (χ1n) is 5.46. The monoisotopic (exact) mass is 238 g/mol. The summed E-state index contributed by atoms with van der Waals surface area (Å²) in [5.74, 6) is -0.509. The third kappa shape index (κ3) is 2.44. The van der Waals surface area contributed by atoms with E-state index in [0.29, 0.717) is 0 Å². The van der Waals surface area contributed by atoms with Crippen LogP contribution >= 0.6 is 0 Å². The Balaban J connectivity index is 2.14. The van der Waals surface area contributed by atoms with Crippen LogP contribution in [-0.4, -0.2) is 28.0 Å². The molecule has 0 bridgehead atoms. The molecule has 0 radical (unpaired) electrons. The predicted octanol–water partition coefficient (Wildman–Crippen LogP) is -1.33. The molecule has 0 spiro atoms. The molecular weight excluding hydrogens is 224 g/mol. The van der Waals surface area contributed by atoms with Gasteiger partial charge in [0.05, 0.1) is 0 Å². The van der Waals surface area contributed by atoms with Crippen molar-refractivity contribution in [2.45, 2.75) is 31.3 Å². The Morgan fingerprint density at radius 3 is 2.76 bits per heavy atom. The summed E-state index contributed by atoms with van der Waals surface area (Å²) >= 11 is 0. The highest BCUT2D eigenvalue weighted by Gasteiger charge is 2.26. The standard InChI is InChI=1S/C10H14N4O3/c11-6-2-1-3-7(6)13-8(15)5-4-12-10(17)14-9(5)16/h4,6-7H,1-3,11H2,(H,13,15)(H2,12,14,16,17). The number of nitrogens with two attached hydrogens (primary N) is 1. The summed E-state index contributed by atoms with van der Waals surface area (Å²) in [7, 11) is 0. The molecule has 5 N–H and O–H groups in total. The number of nitrogens with one attached hydrogen (secondary N) is 3. The molecule has 2 unspecified atom stereocenters. The molecule has 0 aromatic carbocycles. The van der Waals surface area contributed by atoms with E-state index in [1.807, 2.05) is 4.98 Å². The molecule has 1 aliphatic rings. The van der Waals surface area contributed by atoms with Crippen LogP contribution in [0.25, 0.3) is 0 Å². The van der Waals surface area contributed by atoms with Crippen LogP contribution in [0, 0.1) is 0 Å². The van der Waals surface area contributed by atoms with Gasteiger partial charge in [0.15, 0.2) is 0 Å². The lowest BCUT2D eigenvalue weighted by Crippen LogP contribution is -2.45. The Bertz CT molecular complexity index is 533. The SMILES string of the molecule is NC1CCCC1NC(=O)c1c[nH]c(=O)[nH]c1=O. The van der Waals surface area contributed by atoms with Crippen LogP contribution in [0.15, 0.2) is 15.8 Å². The average molecular weight is 238 g/mol. The Kier molecular flexibility index (Phi) is 3.10. The molecule has 7 heteroatoms. The van der Waals surface area contributed by atoms with Gasteiger partial charge in [0.25, 0.3) is 11.5 Å². The van der Waals surface area contributed by atoms with Crippen LogP contribution in [0.2, 0.25) is 0 Å². The van der Waals surface area contributed by atoms with Crippen molar-refractivity contribution in [1.29, 1.82) is 0 Å². The van der Waals surface area contributed by atoms with Crippen molar-refractivity contribution in [3.63, 3.8) is 0 Å². The van der Waals surface area contributed by atoms with E-state index >= 15 is 0 Å². The lowest BCUT2D eigenvalue weighted by Gasteiger charge is -2.16. The molecule has 7 nitrogen and oxygen atoms in total. The molecule has 0 saturated heterocycles. The lowest BCUT2D eigenvalue weighted by atomic mass is 10.2. The minimum Gasteiger partial charge on any atom is -0.348 e. The van der Waals surface area contributed by atoms with Crippen LogP contribution in [0.4, 0.5) is 0 Å². The molecule has 2 atom stereocenters. The third-order valence-corrected chi connectivity index (χ3v) is 2.95. The molecule has 1 aromatic heterocycles. The summed E-state index contributed by atoms with van der Waals surface area (Å²) in [6.45, 7) is 0. The average Bonchev–Trinajstić information content (AvgIpc) is 2.64.